The van der Waals surface area contributed by atoms with Gasteiger partial charge in [-0.1, -0.05) is 32.9 Å². The highest BCUT2D eigenvalue weighted by molar-refractivity contribution is 5.89. The van der Waals surface area contributed by atoms with E-state index in [4.69, 9.17) is 4.74 Å². The third kappa shape index (κ3) is 7.13. The molecular weight excluding hydrogens is 524 g/mol. The zero-order valence-corrected chi connectivity index (χ0v) is 25.1. The normalized spacial score (nSPS) is 21.1. The van der Waals surface area contributed by atoms with E-state index in [0.717, 1.165) is 5.69 Å². The van der Waals surface area contributed by atoms with Gasteiger partial charge in [0.05, 0.1) is 6.33 Å². The highest BCUT2D eigenvalue weighted by Crippen LogP contribution is 2.33. The van der Waals surface area contributed by atoms with Gasteiger partial charge >= 0.3 is 6.03 Å². The second-order valence-corrected chi connectivity index (χ2v) is 12.1. The molecule has 12 nitrogen and oxygen atoms in total. The molecule has 2 aromatic heterocycles. The number of hydrogen-bond donors (Lipinski definition) is 4. The van der Waals surface area contributed by atoms with Gasteiger partial charge in [-0.3, -0.25) is 9.47 Å². The molecule has 2 amide bonds. The van der Waals surface area contributed by atoms with E-state index in [0.29, 0.717) is 43.0 Å². The number of aliphatic hydroxyl groups is 2. The molecule has 1 saturated heterocycles. The second-order valence-electron chi connectivity index (χ2n) is 12.1. The van der Waals surface area contributed by atoms with Crippen molar-refractivity contribution < 1.29 is 19.7 Å². The fraction of sp³-hybridized carbons (Fsp3) is 0.586. The number of hydrogen-bond acceptors (Lipinski definition) is 9. The van der Waals surface area contributed by atoms with Gasteiger partial charge in [-0.15, -0.1) is 0 Å². The van der Waals surface area contributed by atoms with Crippen molar-refractivity contribution >= 4 is 28.7 Å². The summed E-state index contributed by atoms with van der Waals surface area (Å²) < 4.78 is 7.84. The fourth-order valence-electron chi connectivity index (χ4n) is 4.97. The number of aliphatic hydroxyl groups excluding tert-OH is 2. The Morgan fingerprint density at radius 3 is 2.44 bits per heavy atom. The van der Waals surface area contributed by atoms with Crippen LogP contribution in [0, 0.1) is 0 Å². The Hall–Kier alpha value is -3.32. The summed E-state index contributed by atoms with van der Waals surface area (Å²) in [5, 5.41) is 27.6. The van der Waals surface area contributed by atoms with Gasteiger partial charge in [-0.05, 0) is 43.4 Å². The van der Waals surface area contributed by atoms with Gasteiger partial charge < -0.3 is 30.5 Å². The highest BCUT2D eigenvalue weighted by atomic mass is 16.6. The summed E-state index contributed by atoms with van der Waals surface area (Å²) in [6, 6.07) is 7.80. The Morgan fingerprint density at radius 1 is 1.10 bits per heavy atom. The average molecular weight is 569 g/mol. The number of urea groups is 1. The second kappa shape index (κ2) is 12.7. The molecule has 1 aliphatic rings. The Bertz CT molecular complexity index is 1300. The topological polar surface area (TPSA) is 141 Å². The fourth-order valence-corrected chi connectivity index (χ4v) is 4.97. The maximum atomic E-state index is 12.4. The van der Waals surface area contributed by atoms with Gasteiger partial charge in [0.1, 0.15) is 24.6 Å². The third-order valence-electron chi connectivity index (χ3n) is 7.44. The number of fused-ring (bicyclic) bond motifs is 1. The van der Waals surface area contributed by atoms with Crippen molar-refractivity contribution in [2.75, 3.05) is 43.9 Å². The van der Waals surface area contributed by atoms with Crippen LogP contribution in [0.25, 0.3) is 11.2 Å². The summed E-state index contributed by atoms with van der Waals surface area (Å²) in [7, 11) is 3.74. The molecule has 1 aliphatic heterocycles. The van der Waals surface area contributed by atoms with E-state index in [1.807, 2.05) is 43.3 Å². The van der Waals surface area contributed by atoms with E-state index >= 15 is 0 Å². The molecule has 0 aliphatic carbocycles. The minimum Gasteiger partial charge on any atom is -0.387 e. The number of ether oxygens (including phenoxy) is 1. The summed E-state index contributed by atoms with van der Waals surface area (Å²) >= 11 is 0. The standard InChI is InChI=1S/C29H44N8O4/c1-18(2)36(14-8-13-30-28(40)34-20-11-9-19(10-12-20)29(3,4)5)15-21-23(38)24(39)27(41-21)37-17-33-22-25(35(6)7)31-16-32-26(22)37/h9-12,16-18,21,23-24,27,38-39H,8,13-15H2,1-7H3,(H2,30,34,40)/t21-,23-,24-,27-/m1/s1. The number of anilines is 2. The zero-order chi connectivity index (χ0) is 29.9. The van der Waals surface area contributed by atoms with Crippen LogP contribution in [0.3, 0.4) is 0 Å². The van der Waals surface area contributed by atoms with Crippen LogP contribution >= 0.6 is 0 Å². The minimum atomic E-state index is -1.15. The molecule has 0 bridgehead atoms. The smallest absolute Gasteiger partial charge is 0.319 e. The summed E-state index contributed by atoms with van der Waals surface area (Å²) in [5.41, 5.74) is 3.12. The first-order valence-corrected chi connectivity index (χ1v) is 14.1. The lowest BCUT2D eigenvalue weighted by atomic mass is 9.87. The van der Waals surface area contributed by atoms with E-state index in [9.17, 15) is 15.0 Å². The number of carbonyl (C=O) groups is 1. The largest absolute Gasteiger partial charge is 0.387 e. The van der Waals surface area contributed by atoms with Crippen molar-refractivity contribution in [1.82, 2.24) is 29.7 Å². The summed E-state index contributed by atoms with van der Waals surface area (Å²) in [5.74, 6) is 0.657. The Labute approximate surface area is 241 Å². The number of carbonyl (C=O) groups excluding carboxylic acids is 1. The first kappa shape index (κ1) is 30.6. The van der Waals surface area contributed by atoms with Crippen LogP contribution in [-0.2, 0) is 10.2 Å². The van der Waals surface area contributed by atoms with Crippen LogP contribution in [0.5, 0.6) is 0 Å². The van der Waals surface area contributed by atoms with E-state index in [2.05, 4.69) is 65.1 Å². The van der Waals surface area contributed by atoms with Crippen LogP contribution in [0.15, 0.2) is 36.9 Å². The van der Waals surface area contributed by atoms with E-state index in [1.54, 1.807) is 10.9 Å². The molecule has 4 atom stereocenters. The molecule has 1 fully saturated rings. The maximum Gasteiger partial charge on any atom is 0.319 e. The molecular formula is C29H44N8O4. The number of amides is 2. The van der Waals surface area contributed by atoms with Gasteiger partial charge in [0.15, 0.2) is 23.2 Å². The van der Waals surface area contributed by atoms with Crippen LogP contribution in [0.2, 0.25) is 0 Å². The maximum absolute atomic E-state index is 12.4. The molecule has 3 aromatic rings. The predicted molar refractivity (Wildman–Crippen MR) is 159 cm³/mol. The lowest BCUT2D eigenvalue weighted by Crippen LogP contribution is -2.44. The Kier molecular flexibility index (Phi) is 9.48. The van der Waals surface area contributed by atoms with Crippen molar-refractivity contribution in [1.29, 1.82) is 0 Å². The van der Waals surface area contributed by atoms with Crippen LogP contribution in [-0.4, -0.2) is 98.7 Å². The van der Waals surface area contributed by atoms with Gasteiger partial charge in [0.25, 0.3) is 0 Å². The lowest BCUT2D eigenvalue weighted by Gasteiger charge is -2.30. The number of imidazole rings is 1. The van der Waals surface area contributed by atoms with E-state index in [1.165, 1.54) is 11.9 Å². The number of nitrogens with one attached hydrogen (secondary N) is 2. The summed E-state index contributed by atoms with van der Waals surface area (Å²) in [6.07, 6.45) is 0.0431. The number of nitrogens with zero attached hydrogens (tertiary/aromatic N) is 6. The molecule has 0 spiro atoms. The first-order valence-electron chi connectivity index (χ1n) is 14.1. The summed E-state index contributed by atoms with van der Waals surface area (Å²) in [6.45, 7) is 12.2. The number of rotatable bonds is 10. The van der Waals surface area contributed by atoms with Crippen molar-refractivity contribution in [3.05, 3.63) is 42.5 Å². The molecule has 4 N–H and O–H groups in total. The molecule has 0 radical (unpaired) electrons. The molecule has 4 rings (SSSR count). The van der Waals surface area contributed by atoms with Crippen molar-refractivity contribution in [3.63, 3.8) is 0 Å². The van der Waals surface area contributed by atoms with Gasteiger partial charge in [0, 0.05) is 45.5 Å². The predicted octanol–water partition coefficient (Wildman–Crippen LogP) is 2.73. The molecule has 0 saturated carbocycles. The monoisotopic (exact) mass is 568 g/mol. The lowest BCUT2D eigenvalue weighted by molar-refractivity contribution is -0.0468. The highest BCUT2D eigenvalue weighted by Gasteiger charge is 2.45. The first-order chi connectivity index (χ1) is 19.4. The van der Waals surface area contributed by atoms with E-state index < -0.39 is 24.5 Å². The average Bonchev–Trinajstić information content (AvgIpc) is 3.46. The minimum absolute atomic E-state index is 0.0560. The van der Waals surface area contributed by atoms with Gasteiger partial charge in [-0.25, -0.2) is 19.7 Å². The molecule has 3 heterocycles. The summed E-state index contributed by atoms with van der Waals surface area (Å²) in [4.78, 5) is 29.5. The zero-order valence-electron chi connectivity index (χ0n) is 25.1. The quantitative estimate of drug-likeness (QED) is 0.272. The molecule has 1 aromatic carbocycles. The molecule has 0 unspecified atom stereocenters. The SMILES string of the molecule is CC(C)N(CCCNC(=O)Nc1ccc(C(C)(C)C)cc1)C[C@H]1O[C@@H](n2cnc3c(N(C)C)ncnc32)[C@H](O)[C@@H]1O. The van der Waals surface area contributed by atoms with E-state index in [-0.39, 0.29) is 17.5 Å². The molecule has 224 valence electrons. The molecule has 12 heteroatoms. The van der Waals surface area contributed by atoms with Crippen molar-refractivity contribution in [3.8, 4) is 0 Å². The van der Waals surface area contributed by atoms with Crippen LogP contribution in [0.1, 0.15) is 52.8 Å². The van der Waals surface area contributed by atoms with Crippen molar-refractivity contribution in [2.45, 2.75) is 77.0 Å². The van der Waals surface area contributed by atoms with Crippen molar-refractivity contribution in [2.24, 2.45) is 0 Å². The van der Waals surface area contributed by atoms with Crippen LogP contribution < -0.4 is 15.5 Å². The van der Waals surface area contributed by atoms with Gasteiger partial charge in [-0.2, -0.15) is 0 Å². The third-order valence-corrected chi connectivity index (χ3v) is 7.44. The Morgan fingerprint density at radius 2 is 1.80 bits per heavy atom. The van der Waals surface area contributed by atoms with Crippen LogP contribution in [0.4, 0.5) is 16.3 Å². The molecule has 41 heavy (non-hydrogen) atoms. The number of aromatic nitrogens is 4. The van der Waals surface area contributed by atoms with Gasteiger partial charge in [0.2, 0.25) is 0 Å². The number of benzene rings is 1. The Balaban J connectivity index is 1.30.